The summed E-state index contributed by atoms with van der Waals surface area (Å²) in [4.78, 5) is 20.1. The van der Waals surface area contributed by atoms with E-state index >= 15 is 0 Å². The number of ether oxygens (including phenoxy) is 1. The second kappa shape index (κ2) is 10.6. The molecule has 1 N–H and O–H groups in total. The summed E-state index contributed by atoms with van der Waals surface area (Å²) < 4.78 is 66.7. The van der Waals surface area contributed by atoms with Crippen molar-refractivity contribution in [2.75, 3.05) is 37.6 Å². The lowest BCUT2D eigenvalue weighted by molar-refractivity contribution is -0.137. The van der Waals surface area contributed by atoms with Crippen LogP contribution < -0.4 is 15.0 Å². The lowest BCUT2D eigenvalue weighted by Crippen LogP contribution is -2.39. The molecule has 1 aromatic carbocycles. The van der Waals surface area contributed by atoms with Crippen LogP contribution in [0.4, 0.5) is 27.8 Å². The molecule has 1 fully saturated rings. The molecule has 174 valence electrons. The zero-order chi connectivity index (χ0) is 23.1. The minimum atomic E-state index is -4.42. The third-order valence-electron chi connectivity index (χ3n) is 4.99. The maximum Gasteiger partial charge on any atom is 0.417 e. The van der Waals surface area contributed by atoms with Gasteiger partial charge in [-0.15, -0.1) is 0 Å². The number of nitrogens with zero attached hydrogens (tertiary/aromatic N) is 3. The number of aromatic nitrogens is 1. The highest BCUT2D eigenvalue weighted by Gasteiger charge is 2.31. The minimum Gasteiger partial charge on any atom is -0.435 e. The van der Waals surface area contributed by atoms with Gasteiger partial charge in [-0.3, -0.25) is 9.69 Å². The maximum absolute atomic E-state index is 12.7. The number of hydrogen-bond donors (Lipinski definition) is 1. The first kappa shape index (κ1) is 23.7. The van der Waals surface area contributed by atoms with Gasteiger partial charge in [-0.2, -0.15) is 22.0 Å². The number of benzene rings is 1. The number of anilines is 1. The molecule has 1 aliphatic rings. The second-order valence-electron chi connectivity index (χ2n) is 7.32. The Hall–Kier alpha value is -2.95. The Balaban J connectivity index is 1.44. The van der Waals surface area contributed by atoms with Crippen LogP contribution >= 0.6 is 0 Å². The fraction of sp³-hybridized carbons (Fsp3) is 0.429. The number of nitrogens with one attached hydrogen (secondary N) is 1. The van der Waals surface area contributed by atoms with Crippen LogP contribution in [-0.2, 0) is 17.5 Å². The average molecular weight is 458 g/mol. The first-order chi connectivity index (χ1) is 15.2. The summed E-state index contributed by atoms with van der Waals surface area (Å²) in [5.41, 5.74) is -0.0408. The van der Waals surface area contributed by atoms with Gasteiger partial charge in [0.15, 0.2) is 0 Å². The number of rotatable bonds is 7. The normalized spacial score (nSPS) is 15.5. The molecular formula is C21H23F5N4O2. The summed E-state index contributed by atoms with van der Waals surface area (Å²) in [7, 11) is 0. The number of alkyl halides is 5. The van der Waals surface area contributed by atoms with Crippen LogP contribution in [0.15, 0.2) is 42.6 Å². The summed E-state index contributed by atoms with van der Waals surface area (Å²) in [6.07, 6.45) is -2.85. The van der Waals surface area contributed by atoms with Crippen molar-refractivity contribution >= 4 is 11.7 Å². The zero-order valence-electron chi connectivity index (χ0n) is 17.1. The molecule has 1 aromatic heterocycles. The fourth-order valence-electron chi connectivity index (χ4n) is 3.35. The average Bonchev–Trinajstić information content (AvgIpc) is 2.98. The Morgan fingerprint density at radius 2 is 1.81 bits per heavy atom. The van der Waals surface area contributed by atoms with Crippen LogP contribution in [0.5, 0.6) is 5.75 Å². The molecule has 0 unspecified atom stereocenters. The van der Waals surface area contributed by atoms with Gasteiger partial charge in [0.1, 0.15) is 11.6 Å². The van der Waals surface area contributed by atoms with Crippen LogP contribution in [0.25, 0.3) is 0 Å². The topological polar surface area (TPSA) is 57.7 Å². The third kappa shape index (κ3) is 7.04. The Kier molecular flexibility index (Phi) is 7.84. The van der Waals surface area contributed by atoms with Gasteiger partial charge < -0.3 is 15.0 Å². The largest absolute Gasteiger partial charge is 0.435 e. The van der Waals surface area contributed by atoms with E-state index < -0.39 is 18.4 Å². The predicted molar refractivity (Wildman–Crippen MR) is 107 cm³/mol. The molecular weight excluding hydrogens is 435 g/mol. The molecule has 0 saturated carbocycles. The standard InChI is InChI=1S/C21H23F5N4O2/c22-20(23)32-17-5-2-15(3-6-17)12-28-19(31)14-29-8-1-9-30(11-10-29)18-7-4-16(13-27-18)21(24,25)26/h2-7,13,20H,1,8-12,14H2,(H,28,31). The summed E-state index contributed by atoms with van der Waals surface area (Å²) >= 11 is 0. The second-order valence-corrected chi connectivity index (χ2v) is 7.32. The molecule has 0 spiro atoms. The molecule has 0 radical (unpaired) electrons. The van der Waals surface area contributed by atoms with E-state index in [1.54, 1.807) is 12.1 Å². The predicted octanol–water partition coefficient (Wildman–Crippen LogP) is 3.53. The van der Waals surface area contributed by atoms with Gasteiger partial charge in [-0.05, 0) is 36.2 Å². The molecule has 3 rings (SSSR count). The first-order valence-electron chi connectivity index (χ1n) is 10.0. The van der Waals surface area contributed by atoms with Crippen molar-refractivity contribution in [3.63, 3.8) is 0 Å². The van der Waals surface area contributed by atoms with Crippen molar-refractivity contribution in [2.45, 2.75) is 25.8 Å². The molecule has 0 atom stereocenters. The highest BCUT2D eigenvalue weighted by molar-refractivity contribution is 5.78. The van der Waals surface area contributed by atoms with Gasteiger partial charge in [-0.25, -0.2) is 4.98 Å². The number of carbonyl (C=O) groups excluding carboxylic acids is 1. The highest BCUT2D eigenvalue weighted by Crippen LogP contribution is 2.29. The highest BCUT2D eigenvalue weighted by atomic mass is 19.4. The van der Waals surface area contributed by atoms with Crippen LogP contribution in [0, 0.1) is 0 Å². The van der Waals surface area contributed by atoms with E-state index in [-0.39, 0.29) is 24.7 Å². The van der Waals surface area contributed by atoms with Crippen molar-refractivity contribution in [1.82, 2.24) is 15.2 Å². The van der Waals surface area contributed by atoms with Crippen molar-refractivity contribution in [3.05, 3.63) is 53.7 Å². The van der Waals surface area contributed by atoms with Crippen LogP contribution in [0.2, 0.25) is 0 Å². The van der Waals surface area contributed by atoms with Gasteiger partial charge in [-0.1, -0.05) is 12.1 Å². The smallest absolute Gasteiger partial charge is 0.417 e. The van der Waals surface area contributed by atoms with Gasteiger partial charge in [0.05, 0.1) is 12.1 Å². The van der Waals surface area contributed by atoms with Crippen LogP contribution in [0.1, 0.15) is 17.5 Å². The summed E-state index contributed by atoms with van der Waals surface area (Å²) in [5, 5.41) is 2.79. The van der Waals surface area contributed by atoms with E-state index in [0.29, 0.717) is 32.0 Å². The van der Waals surface area contributed by atoms with Crippen LogP contribution in [0.3, 0.4) is 0 Å². The molecule has 1 amide bonds. The minimum absolute atomic E-state index is 0.0479. The molecule has 0 bridgehead atoms. The third-order valence-corrected chi connectivity index (χ3v) is 4.99. The van der Waals surface area contributed by atoms with E-state index in [2.05, 4.69) is 15.0 Å². The Morgan fingerprint density at radius 1 is 1.06 bits per heavy atom. The fourth-order valence-corrected chi connectivity index (χ4v) is 3.35. The van der Waals surface area contributed by atoms with E-state index in [9.17, 15) is 26.7 Å². The maximum atomic E-state index is 12.7. The number of hydrogen-bond acceptors (Lipinski definition) is 5. The van der Waals surface area contributed by atoms with E-state index in [1.165, 1.54) is 18.2 Å². The Labute approximate surface area is 182 Å². The van der Waals surface area contributed by atoms with Crippen molar-refractivity contribution in [3.8, 4) is 5.75 Å². The SMILES string of the molecule is O=C(CN1CCCN(c2ccc(C(F)(F)F)cn2)CC1)NCc1ccc(OC(F)F)cc1. The van der Waals surface area contributed by atoms with Gasteiger partial charge >= 0.3 is 12.8 Å². The molecule has 6 nitrogen and oxygen atoms in total. The monoisotopic (exact) mass is 458 g/mol. The Morgan fingerprint density at radius 3 is 2.44 bits per heavy atom. The van der Waals surface area contributed by atoms with Gasteiger partial charge in [0.25, 0.3) is 0 Å². The van der Waals surface area contributed by atoms with Crippen molar-refractivity contribution < 1.29 is 31.5 Å². The molecule has 1 aliphatic heterocycles. The number of halogens is 5. The van der Waals surface area contributed by atoms with Crippen molar-refractivity contribution in [2.24, 2.45) is 0 Å². The van der Waals surface area contributed by atoms with E-state index in [4.69, 9.17) is 0 Å². The van der Waals surface area contributed by atoms with Crippen molar-refractivity contribution in [1.29, 1.82) is 0 Å². The molecule has 11 heteroatoms. The van der Waals surface area contributed by atoms with E-state index in [0.717, 1.165) is 24.2 Å². The van der Waals surface area contributed by atoms with E-state index in [1.807, 2.05) is 9.80 Å². The zero-order valence-corrected chi connectivity index (χ0v) is 17.1. The molecule has 32 heavy (non-hydrogen) atoms. The first-order valence-corrected chi connectivity index (χ1v) is 10.0. The molecule has 2 heterocycles. The van der Waals surface area contributed by atoms with Gasteiger partial charge in [0, 0.05) is 38.9 Å². The Bertz CT molecular complexity index is 875. The summed E-state index contributed by atoms with van der Waals surface area (Å²) in [5.74, 6) is 0.342. The lowest BCUT2D eigenvalue weighted by atomic mass is 10.2. The molecule has 0 aliphatic carbocycles. The molecule has 2 aromatic rings. The van der Waals surface area contributed by atoms with Crippen LogP contribution in [-0.4, -0.2) is 55.1 Å². The number of pyridine rings is 1. The summed E-state index contributed by atoms with van der Waals surface area (Å²) in [6, 6.07) is 8.39. The number of carbonyl (C=O) groups is 1. The quantitative estimate of drug-likeness (QED) is 0.644. The van der Waals surface area contributed by atoms with Gasteiger partial charge in [0.2, 0.25) is 5.91 Å². The molecule has 1 saturated heterocycles. The summed E-state index contributed by atoms with van der Waals surface area (Å²) in [6.45, 7) is -0.0506. The number of amides is 1. The lowest BCUT2D eigenvalue weighted by Gasteiger charge is -2.22.